The summed E-state index contributed by atoms with van der Waals surface area (Å²) >= 11 is 3.17. The van der Waals surface area contributed by atoms with Gasteiger partial charge in [-0.15, -0.1) is 0 Å². The van der Waals surface area contributed by atoms with Crippen LogP contribution in [0.1, 0.15) is 22.5 Å². The lowest BCUT2D eigenvalue weighted by atomic mass is 10.2. The fourth-order valence-corrected chi connectivity index (χ4v) is 1.36. The number of hydrogen-bond acceptors (Lipinski definition) is 4. The molecule has 1 aromatic rings. The van der Waals surface area contributed by atoms with E-state index in [1.54, 1.807) is 11.9 Å². The third kappa shape index (κ3) is 3.62. The second-order valence-electron chi connectivity index (χ2n) is 3.07. The summed E-state index contributed by atoms with van der Waals surface area (Å²) in [4.78, 5) is 20.5. The highest BCUT2D eigenvalue weighted by Gasteiger charge is 2.09. The molecule has 5 nitrogen and oxygen atoms in total. The van der Waals surface area contributed by atoms with Crippen molar-refractivity contribution in [3.05, 3.63) is 28.5 Å². The third-order valence-corrected chi connectivity index (χ3v) is 2.27. The second-order valence-corrected chi connectivity index (χ2v) is 3.60. The molecule has 2 N–H and O–H groups in total. The number of anilines is 1. The van der Waals surface area contributed by atoms with Crippen molar-refractivity contribution in [2.75, 3.05) is 11.9 Å². The summed E-state index contributed by atoms with van der Waals surface area (Å²) in [5, 5.41) is 11.8. The number of halogens is 1. The molecule has 0 bridgehead atoms. The Kier molecular flexibility index (Phi) is 4.91. The predicted molar refractivity (Wildman–Crippen MR) is 64.9 cm³/mol. The molecule has 0 saturated carbocycles. The van der Waals surface area contributed by atoms with Crippen LogP contribution in [0.2, 0.25) is 0 Å². The van der Waals surface area contributed by atoms with Gasteiger partial charge in [0, 0.05) is 12.7 Å². The van der Waals surface area contributed by atoms with Crippen LogP contribution < -0.4 is 5.32 Å². The molecule has 86 valence electrons. The molecule has 6 heteroatoms. The molecule has 0 saturated heterocycles. The van der Waals surface area contributed by atoms with Crippen molar-refractivity contribution in [1.82, 2.24) is 9.97 Å². The zero-order valence-electron chi connectivity index (χ0n) is 8.77. The molecule has 16 heavy (non-hydrogen) atoms. The van der Waals surface area contributed by atoms with Crippen LogP contribution in [-0.2, 0) is 0 Å². The molecule has 0 aliphatic rings. The normalized spacial score (nSPS) is 10.6. The van der Waals surface area contributed by atoms with E-state index in [4.69, 9.17) is 5.11 Å². The molecule has 0 aromatic carbocycles. The van der Waals surface area contributed by atoms with Gasteiger partial charge in [-0.1, -0.05) is 22.0 Å². The van der Waals surface area contributed by atoms with Gasteiger partial charge in [0.05, 0.1) is 11.3 Å². The maximum atomic E-state index is 10.7. The molecule has 1 heterocycles. The van der Waals surface area contributed by atoms with Gasteiger partial charge in [0.2, 0.25) is 5.95 Å². The van der Waals surface area contributed by atoms with E-state index in [0.717, 1.165) is 6.42 Å². The van der Waals surface area contributed by atoms with Crippen LogP contribution in [0.3, 0.4) is 0 Å². The number of nitrogens with one attached hydrogen (secondary N) is 1. The van der Waals surface area contributed by atoms with Crippen LogP contribution in [0.25, 0.3) is 0 Å². The summed E-state index contributed by atoms with van der Waals surface area (Å²) in [6, 6.07) is 0. The van der Waals surface area contributed by atoms with Gasteiger partial charge in [-0.05, 0) is 18.3 Å². The topological polar surface area (TPSA) is 75.1 Å². The Morgan fingerprint density at radius 1 is 1.69 bits per heavy atom. The highest BCUT2D eigenvalue weighted by molar-refractivity contribution is 9.11. The summed E-state index contributed by atoms with van der Waals surface area (Å²) < 4.78 is 0. The zero-order chi connectivity index (χ0) is 12.0. The van der Waals surface area contributed by atoms with Crippen molar-refractivity contribution in [1.29, 1.82) is 0 Å². The highest BCUT2D eigenvalue weighted by atomic mass is 79.9. The largest absolute Gasteiger partial charge is 0.478 e. The molecular formula is C10H12BrN3O2. The molecule has 0 amide bonds. The summed E-state index contributed by atoms with van der Waals surface area (Å²) in [7, 11) is 0. The van der Waals surface area contributed by atoms with Gasteiger partial charge in [-0.3, -0.25) is 0 Å². The molecule has 0 spiro atoms. The number of nitrogens with zero attached hydrogens (tertiary/aromatic N) is 2. The third-order valence-electron chi connectivity index (χ3n) is 1.89. The number of carboxylic acid groups (broad SMARTS) is 1. The van der Waals surface area contributed by atoms with Crippen LogP contribution in [0.15, 0.2) is 17.3 Å². The van der Waals surface area contributed by atoms with Crippen molar-refractivity contribution in [2.45, 2.75) is 13.3 Å². The molecule has 0 fully saturated rings. The Morgan fingerprint density at radius 2 is 2.44 bits per heavy atom. The Balaban J connectivity index is 2.63. The van der Waals surface area contributed by atoms with E-state index in [2.05, 4.69) is 31.2 Å². The lowest BCUT2D eigenvalue weighted by Crippen LogP contribution is -2.09. The minimum Gasteiger partial charge on any atom is -0.478 e. The quantitative estimate of drug-likeness (QED) is 0.811. The minimum absolute atomic E-state index is 0.130. The van der Waals surface area contributed by atoms with Crippen LogP contribution >= 0.6 is 15.9 Å². The van der Waals surface area contributed by atoms with Crippen molar-refractivity contribution in [2.24, 2.45) is 0 Å². The fraction of sp³-hybridized carbons (Fsp3) is 0.300. The zero-order valence-corrected chi connectivity index (χ0v) is 10.4. The van der Waals surface area contributed by atoms with Gasteiger partial charge in [0.15, 0.2) is 0 Å². The number of rotatable bonds is 5. The average molecular weight is 286 g/mol. The van der Waals surface area contributed by atoms with Crippen LogP contribution in [-0.4, -0.2) is 27.6 Å². The monoisotopic (exact) mass is 285 g/mol. The lowest BCUT2D eigenvalue weighted by molar-refractivity contribution is 0.0695. The van der Waals surface area contributed by atoms with Gasteiger partial charge in [-0.25, -0.2) is 14.8 Å². The van der Waals surface area contributed by atoms with E-state index in [0.29, 0.717) is 18.2 Å². The first-order valence-corrected chi connectivity index (χ1v) is 5.62. The molecule has 0 atom stereocenters. The molecular weight excluding hydrogens is 274 g/mol. The van der Waals surface area contributed by atoms with Crippen LogP contribution in [0.4, 0.5) is 5.95 Å². The van der Waals surface area contributed by atoms with Crippen molar-refractivity contribution >= 4 is 27.8 Å². The molecule has 0 aliphatic heterocycles. The van der Waals surface area contributed by atoms with E-state index in [9.17, 15) is 4.79 Å². The number of aromatic nitrogens is 2. The summed E-state index contributed by atoms with van der Waals surface area (Å²) in [6.45, 7) is 2.35. The molecule has 0 aliphatic carbocycles. The smallest absolute Gasteiger partial charge is 0.339 e. The first-order valence-electron chi connectivity index (χ1n) is 4.71. The Labute approximate surface area is 102 Å². The van der Waals surface area contributed by atoms with E-state index in [1.165, 1.54) is 6.20 Å². The molecule has 0 unspecified atom stereocenters. The van der Waals surface area contributed by atoms with Crippen molar-refractivity contribution in [3.8, 4) is 0 Å². The van der Waals surface area contributed by atoms with Gasteiger partial charge in [0.1, 0.15) is 0 Å². The standard InChI is InChI=1S/C10H12BrN3O2/c1-7-8(9(15)16)6-13-10(14-7)12-5-3-2-4-11/h2,4,6H,3,5H2,1H3,(H,15,16)(H,12,13,14)/b4-2+. The summed E-state index contributed by atoms with van der Waals surface area (Å²) in [5.74, 6) is -0.559. The number of hydrogen-bond donors (Lipinski definition) is 2. The second kappa shape index (κ2) is 6.22. The van der Waals surface area contributed by atoms with Gasteiger partial charge >= 0.3 is 5.97 Å². The number of aromatic carboxylic acids is 1. The van der Waals surface area contributed by atoms with Crippen LogP contribution in [0, 0.1) is 6.92 Å². The molecule has 1 aromatic heterocycles. The maximum absolute atomic E-state index is 10.7. The van der Waals surface area contributed by atoms with E-state index >= 15 is 0 Å². The van der Waals surface area contributed by atoms with Gasteiger partial charge < -0.3 is 10.4 Å². The molecule has 0 radical (unpaired) electrons. The highest BCUT2D eigenvalue weighted by Crippen LogP contribution is 2.06. The Hall–Kier alpha value is -1.43. The Bertz CT molecular complexity index is 407. The first-order chi connectivity index (χ1) is 7.65. The SMILES string of the molecule is Cc1nc(NCC/C=C/Br)ncc1C(=O)O. The van der Waals surface area contributed by atoms with Crippen molar-refractivity contribution in [3.63, 3.8) is 0 Å². The molecule has 1 rings (SSSR count). The number of carboxylic acids is 1. The first kappa shape index (κ1) is 12.6. The van der Waals surface area contributed by atoms with Crippen LogP contribution in [0.5, 0.6) is 0 Å². The average Bonchev–Trinajstić information content (AvgIpc) is 2.24. The summed E-state index contributed by atoms with van der Waals surface area (Å²) in [6.07, 6.45) is 4.10. The van der Waals surface area contributed by atoms with E-state index in [1.807, 2.05) is 6.08 Å². The number of carbonyl (C=O) groups is 1. The van der Waals surface area contributed by atoms with Crippen molar-refractivity contribution < 1.29 is 9.90 Å². The Morgan fingerprint density at radius 3 is 3.00 bits per heavy atom. The fourth-order valence-electron chi connectivity index (χ4n) is 1.09. The van der Waals surface area contributed by atoms with E-state index < -0.39 is 5.97 Å². The number of aryl methyl sites for hydroxylation is 1. The summed E-state index contributed by atoms with van der Waals surface area (Å²) in [5.41, 5.74) is 0.590. The lowest BCUT2D eigenvalue weighted by Gasteiger charge is -2.04. The minimum atomic E-state index is -1.01. The predicted octanol–water partition coefficient (Wildman–Crippen LogP) is 2.19. The van der Waals surface area contributed by atoms with E-state index in [-0.39, 0.29) is 5.56 Å². The van der Waals surface area contributed by atoms with Gasteiger partial charge in [0.25, 0.3) is 0 Å². The maximum Gasteiger partial charge on any atom is 0.339 e. The van der Waals surface area contributed by atoms with Gasteiger partial charge in [-0.2, -0.15) is 0 Å².